The van der Waals surface area contributed by atoms with Crippen LogP contribution in [0.1, 0.15) is 16.2 Å². The number of nitrogens with one attached hydrogen (secondary N) is 2. The molecule has 2 N–H and O–H groups in total. The Hall–Kier alpha value is -4.64. The first kappa shape index (κ1) is 26.0. The van der Waals surface area contributed by atoms with E-state index in [9.17, 15) is 4.79 Å². The molecule has 1 aliphatic heterocycles. The van der Waals surface area contributed by atoms with Crippen LogP contribution in [-0.4, -0.2) is 66.2 Å². The van der Waals surface area contributed by atoms with Crippen molar-refractivity contribution in [3.05, 3.63) is 66.0 Å². The molecule has 11 heteroatoms. The van der Waals surface area contributed by atoms with Crippen LogP contribution in [0.4, 0.5) is 23.1 Å². The predicted molar refractivity (Wildman–Crippen MR) is 149 cm³/mol. The smallest absolute Gasteiger partial charge is 0.273 e. The average molecular weight is 530 g/mol. The molecule has 0 radical (unpaired) electrons. The van der Waals surface area contributed by atoms with Crippen LogP contribution in [0.3, 0.4) is 0 Å². The van der Waals surface area contributed by atoms with Crippen LogP contribution in [-0.2, 0) is 11.8 Å². The minimum absolute atomic E-state index is 0.281. The molecular weight excluding hydrogens is 498 g/mol. The first-order valence-corrected chi connectivity index (χ1v) is 12.6. The zero-order valence-corrected chi connectivity index (χ0v) is 22.4. The van der Waals surface area contributed by atoms with Gasteiger partial charge in [-0.3, -0.25) is 9.48 Å². The van der Waals surface area contributed by atoms with Crippen molar-refractivity contribution in [2.45, 2.75) is 6.92 Å². The number of carbonyl (C=O) groups is 1. The molecule has 0 bridgehead atoms. The monoisotopic (exact) mass is 529 g/mol. The molecule has 39 heavy (non-hydrogen) atoms. The van der Waals surface area contributed by atoms with E-state index in [0.29, 0.717) is 47.7 Å². The molecule has 11 nitrogen and oxygen atoms in total. The summed E-state index contributed by atoms with van der Waals surface area (Å²) in [6.45, 7) is 4.93. The number of hydrogen-bond acceptors (Lipinski definition) is 9. The number of amides is 1. The molecule has 1 fully saturated rings. The number of aromatic nitrogens is 4. The van der Waals surface area contributed by atoms with Crippen LogP contribution in [0.15, 0.2) is 54.6 Å². The van der Waals surface area contributed by atoms with Gasteiger partial charge in [-0.25, -0.2) is 4.98 Å². The summed E-state index contributed by atoms with van der Waals surface area (Å²) in [5.41, 5.74) is 4.07. The molecule has 1 amide bonds. The normalized spacial score (nSPS) is 13.2. The third-order valence-corrected chi connectivity index (χ3v) is 6.37. The Morgan fingerprint density at radius 3 is 2.41 bits per heavy atom. The van der Waals surface area contributed by atoms with E-state index < -0.39 is 0 Å². The quantitative estimate of drug-likeness (QED) is 0.349. The number of ether oxygens (including phenoxy) is 3. The summed E-state index contributed by atoms with van der Waals surface area (Å²) in [6, 6.07) is 16.5. The highest BCUT2D eigenvalue weighted by atomic mass is 16.5. The topological polar surface area (TPSA) is 116 Å². The number of methoxy groups -OCH3 is 2. The Balaban J connectivity index is 1.28. The van der Waals surface area contributed by atoms with Crippen molar-refractivity contribution >= 4 is 29.0 Å². The van der Waals surface area contributed by atoms with E-state index in [1.807, 2.05) is 55.5 Å². The van der Waals surface area contributed by atoms with Crippen molar-refractivity contribution in [3.63, 3.8) is 0 Å². The van der Waals surface area contributed by atoms with E-state index in [4.69, 9.17) is 14.2 Å². The maximum absolute atomic E-state index is 13.1. The highest BCUT2D eigenvalue weighted by Gasteiger charge is 2.18. The minimum Gasteiger partial charge on any atom is -0.497 e. The fourth-order valence-corrected chi connectivity index (χ4v) is 4.35. The molecule has 0 unspecified atom stereocenters. The molecule has 0 saturated carbocycles. The minimum atomic E-state index is -0.281. The number of anilines is 4. The van der Waals surface area contributed by atoms with Gasteiger partial charge >= 0.3 is 0 Å². The van der Waals surface area contributed by atoms with Gasteiger partial charge in [0.2, 0.25) is 5.95 Å². The number of aryl methyl sites for hydroxylation is 2. The van der Waals surface area contributed by atoms with Crippen molar-refractivity contribution in [2.24, 2.45) is 7.05 Å². The number of morpholine rings is 1. The van der Waals surface area contributed by atoms with Crippen LogP contribution in [0.2, 0.25) is 0 Å². The van der Waals surface area contributed by atoms with Crippen molar-refractivity contribution < 1.29 is 19.0 Å². The van der Waals surface area contributed by atoms with Crippen molar-refractivity contribution in [3.8, 4) is 22.8 Å². The lowest BCUT2D eigenvalue weighted by atomic mass is 10.1. The van der Waals surface area contributed by atoms with Crippen molar-refractivity contribution in [1.82, 2.24) is 19.7 Å². The van der Waals surface area contributed by atoms with Crippen LogP contribution < -0.4 is 25.0 Å². The van der Waals surface area contributed by atoms with E-state index in [1.54, 1.807) is 32.0 Å². The molecule has 2 aromatic carbocycles. The van der Waals surface area contributed by atoms with E-state index in [1.165, 1.54) is 0 Å². The van der Waals surface area contributed by atoms with Gasteiger partial charge in [0.15, 0.2) is 0 Å². The highest BCUT2D eigenvalue weighted by molar-refractivity contribution is 6.03. The van der Waals surface area contributed by atoms with Gasteiger partial charge in [-0.05, 0) is 55.5 Å². The summed E-state index contributed by atoms with van der Waals surface area (Å²) in [5, 5.41) is 10.7. The standard InChI is InChI=1S/C28H31N7O4/c1-18-15-26(35-11-13-39-14-12-35)32-28(29-18)31-20-7-5-19(6-8-20)30-27(36)24-17-23(33-34(24)2)22-16-21(37-3)9-10-25(22)38-4/h5-10,15-17H,11-14H2,1-4H3,(H,30,36)(H,29,31,32). The van der Waals surface area contributed by atoms with Gasteiger partial charge < -0.3 is 29.7 Å². The molecule has 0 spiro atoms. The van der Waals surface area contributed by atoms with E-state index >= 15 is 0 Å². The molecule has 4 aromatic rings. The van der Waals surface area contributed by atoms with Gasteiger partial charge in [0.25, 0.3) is 5.91 Å². The van der Waals surface area contributed by atoms with Gasteiger partial charge in [-0.1, -0.05) is 0 Å². The van der Waals surface area contributed by atoms with Crippen LogP contribution in [0.5, 0.6) is 11.5 Å². The molecular formula is C28H31N7O4. The second-order valence-electron chi connectivity index (χ2n) is 9.05. The highest BCUT2D eigenvalue weighted by Crippen LogP contribution is 2.33. The van der Waals surface area contributed by atoms with Gasteiger partial charge in [-0.2, -0.15) is 10.1 Å². The Morgan fingerprint density at radius 2 is 1.69 bits per heavy atom. The molecule has 202 valence electrons. The molecule has 1 saturated heterocycles. The van der Waals surface area contributed by atoms with Crippen LogP contribution in [0, 0.1) is 6.92 Å². The third-order valence-electron chi connectivity index (χ3n) is 6.37. The molecule has 0 aliphatic carbocycles. The van der Waals surface area contributed by atoms with Crippen molar-refractivity contribution in [1.29, 1.82) is 0 Å². The maximum atomic E-state index is 13.1. The summed E-state index contributed by atoms with van der Waals surface area (Å²) in [4.78, 5) is 24.5. The Kier molecular flexibility index (Phi) is 7.60. The second kappa shape index (κ2) is 11.4. The molecule has 5 rings (SSSR count). The van der Waals surface area contributed by atoms with Crippen LogP contribution >= 0.6 is 0 Å². The number of hydrogen-bond donors (Lipinski definition) is 2. The summed E-state index contributed by atoms with van der Waals surface area (Å²) in [5.74, 6) is 2.42. The first-order chi connectivity index (χ1) is 18.9. The number of rotatable bonds is 8. The number of carbonyl (C=O) groups excluding carboxylic acids is 1. The average Bonchev–Trinajstić information content (AvgIpc) is 3.35. The Bertz CT molecular complexity index is 1460. The molecule has 0 atom stereocenters. The fraction of sp³-hybridized carbons (Fsp3) is 0.286. The molecule has 1 aliphatic rings. The van der Waals surface area contributed by atoms with Gasteiger partial charge in [0, 0.05) is 48.8 Å². The van der Waals surface area contributed by atoms with Gasteiger partial charge in [0.05, 0.1) is 33.1 Å². The molecule has 2 aromatic heterocycles. The zero-order valence-electron chi connectivity index (χ0n) is 22.4. The number of benzene rings is 2. The van der Waals surface area contributed by atoms with E-state index in [2.05, 4.69) is 30.6 Å². The summed E-state index contributed by atoms with van der Waals surface area (Å²) in [6.07, 6.45) is 0. The first-order valence-electron chi connectivity index (χ1n) is 12.6. The summed E-state index contributed by atoms with van der Waals surface area (Å²) < 4.78 is 17.8. The predicted octanol–water partition coefficient (Wildman–Crippen LogP) is 4.04. The Morgan fingerprint density at radius 1 is 0.949 bits per heavy atom. The third kappa shape index (κ3) is 5.93. The van der Waals surface area contributed by atoms with Crippen LogP contribution in [0.25, 0.3) is 11.3 Å². The lowest BCUT2D eigenvalue weighted by Gasteiger charge is -2.28. The van der Waals surface area contributed by atoms with E-state index in [-0.39, 0.29) is 5.91 Å². The number of nitrogens with zero attached hydrogens (tertiary/aromatic N) is 5. The van der Waals surface area contributed by atoms with E-state index in [0.717, 1.165) is 35.9 Å². The fourth-order valence-electron chi connectivity index (χ4n) is 4.35. The Labute approximate surface area is 226 Å². The SMILES string of the molecule is COc1ccc(OC)c(-c2cc(C(=O)Nc3ccc(Nc4nc(C)cc(N5CCOCC5)n4)cc3)n(C)n2)c1. The molecule has 3 heterocycles. The largest absolute Gasteiger partial charge is 0.497 e. The lowest BCUT2D eigenvalue weighted by molar-refractivity contribution is 0.101. The maximum Gasteiger partial charge on any atom is 0.273 e. The summed E-state index contributed by atoms with van der Waals surface area (Å²) in [7, 11) is 4.92. The lowest BCUT2D eigenvalue weighted by Crippen LogP contribution is -2.36. The summed E-state index contributed by atoms with van der Waals surface area (Å²) >= 11 is 0. The van der Waals surface area contributed by atoms with Gasteiger partial charge in [0.1, 0.15) is 23.0 Å². The van der Waals surface area contributed by atoms with Gasteiger partial charge in [-0.15, -0.1) is 0 Å². The van der Waals surface area contributed by atoms with Crippen molar-refractivity contribution in [2.75, 3.05) is 56.1 Å². The zero-order chi connectivity index (χ0) is 27.4. The second-order valence-corrected chi connectivity index (χ2v) is 9.05.